The number of nitrogen functional groups attached to an aromatic ring is 1. The molecular formula is C18H21N5O. The first-order chi connectivity index (χ1) is 11.4. The van der Waals surface area contributed by atoms with Crippen molar-refractivity contribution in [1.82, 2.24) is 4.98 Å². The molecule has 1 amide bonds. The summed E-state index contributed by atoms with van der Waals surface area (Å²) in [7, 11) is 0. The van der Waals surface area contributed by atoms with Crippen molar-refractivity contribution in [1.29, 1.82) is 10.7 Å². The minimum atomic E-state index is -0.375. The van der Waals surface area contributed by atoms with Gasteiger partial charge in [-0.05, 0) is 43.7 Å². The topological polar surface area (TPSA) is 116 Å². The van der Waals surface area contributed by atoms with Gasteiger partial charge < -0.3 is 16.5 Å². The van der Waals surface area contributed by atoms with Gasteiger partial charge in [-0.25, -0.2) is 4.98 Å². The van der Waals surface area contributed by atoms with E-state index in [9.17, 15) is 4.79 Å². The Hall–Kier alpha value is -3.20. The lowest BCUT2D eigenvalue weighted by atomic mass is 10.1. The van der Waals surface area contributed by atoms with E-state index in [0.717, 1.165) is 0 Å². The van der Waals surface area contributed by atoms with Crippen molar-refractivity contribution < 1.29 is 4.79 Å². The first-order valence-electron chi connectivity index (χ1n) is 7.55. The van der Waals surface area contributed by atoms with Crippen LogP contribution in [0.4, 0.5) is 11.4 Å². The second-order valence-corrected chi connectivity index (χ2v) is 4.88. The summed E-state index contributed by atoms with van der Waals surface area (Å²) in [4.78, 5) is 16.3. The number of nitrogens with one attached hydrogen (secondary N) is 2. The van der Waals surface area contributed by atoms with E-state index in [4.69, 9.17) is 16.4 Å². The number of carbonyl (C=O) groups excluding carboxylic acids is 1. The molecule has 1 aromatic heterocycles. The molecule has 6 nitrogen and oxygen atoms in total. The van der Waals surface area contributed by atoms with Crippen LogP contribution in [-0.4, -0.2) is 16.6 Å². The SMILES string of the molecule is CC.CC(=N)c1cc(NC(=O)c2ncc(C#N)cc2C)ccc1N. The lowest BCUT2D eigenvalue weighted by Gasteiger charge is -2.10. The Morgan fingerprint density at radius 1 is 1.33 bits per heavy atom. The van der Waals surface area contributed by atoms with Crippen molar-refractivity contribution in [2.24, 2.45) is 0 Å². The highest BCUT2D eigenvalue weighted by molar-refractivity contribution is 6.06. The minimum Gasteiger partial charge on any atom is -0.398 e. The third-order valence-corrected chi connectivity index (χ3v) is 3.14. The number of rotatable bonds is 3. The van der Waals surface area contributed by atoms with Crippen LogP contribution in [0.5, 0.6) is 0 Å². The maximum atomic E-state index is 12.3. The zero-order chi connectivity index (χ0) is 18.3. The van der Waals surface area contributed by atoms with E-state index in [1.807, 2.05) is 19.9 Å². The Morgan fingerprint density at radius 2 is 2.00 bits per heavy atom. The van der Waals surface area contributed by atoms with Gasteiger partial charge in [0.2, 0.25) is 0 Å². The van der Waals surface area contributed by atoms with Gasteiger partial charge in [0.05, 0.1) is 5.56 Å². The Labute approximate surface area is 141 Å². The number of amides is 1. The highest BCUT2D eigenvalue weighted by Gasteiger charge is 2.13. The van der Waals surface area contributed by atoms with Crippen LogP contribution in [-0.2, 0) is 0 Å². The second kappa shape index (κ2) is 8.44. The van der Waals surface area contributed by atoms with E-state index < -0.39 is 0 Å². The molecule has 4 N–H and O–H groups in total. The lowest BCUT2D eigenvalue weighted by Crippen LogP contribution is -2.16. The molecule has 1 heterocycles. The summed E-state index contributed by atoms with van der Waals surface area (Å²) in [5.41, 5.74) is 8.98. The molecule has 0 saturated carbocycles. The van der Waals surface area contributed by atoms with E-state index in [1.165, 1.54) is 6.20 Å². The normalized spacial score (nSPS) is 9.29. The van der Waals surface area contributed by atoms with Crippen molar-refractivity contribution in [2.45, 2.75) is 27.7 Å². The molecule has 0 aliphatic heterocycles. The number of nitriles is 1. The highest BCUT2D eigenvalue weighted by Crippen LogP contribution is 2.19. The van der Waals surface area contributed by atoms with E-state index in [-0.39, 0.29) is 11.6 Å². The molecule has 0 aliphatic rings. The van der Waals surface area contributed by atoms with Crippen LogP contribution in [0.15, 0.2) is 30.5 Å². The quantitative estimate of drug-likeness (QED) is 0.592. The van der Waals surface area contributed by atoms with E-state index in [2.05, 4.69) is 10.3 Å². The second-order valence-electron chi connectivity index (χ2n) is 4.88. The molecule has 2 rings (SSSR count). The molecule has 24 heavy (non-hydrogen) atoms. The highest BCUT2D eigenvalue weighted by atomic mass is 16.1. The summed E-state index contributed by atoms with van der Waals surface area (Å²) in [6.45, 7) is 7.35. The number of nitrogens with two attached hydrogens (primary N) is 1. The molecule has 6 heteroatoms. The summed E-state index contributed by atoms with van der Waals surface area (Å²) in [6, 6.07) is 8.54. The van der Waals surface area contributed by atoms with Crippen molar-refractivity contribution in [2.75, 3.05) is 11.1 Å². The fourth-order valence-electron chi connectivity index (χ4n) is 2.02. The van der Waals surface area contributed by atoms with Gasteiger partial charge in [-0.2, -0.15) is 5.26 Å². The van der Waals surface area contributed by atoms with E-state index >= 15 is 0 Å². The third-order valence-electron chi connectivity index (χ3n) is 3.14. The first-order valence-corrected chi connectivity index (χ1v) is 7.55. The standard InChI is InChI=1S/C16H15N5O.C2H6/c1-9-5-11(7-17)8-20-15(9)16(22)21-12-3-4-14(19)13(6-12)10(2)18;1-2/h3-6,8,18H,19H2,1-2H3,(H,21,22);1-2H3. The molecular weight excluding hydrogens is 302 g/mol. The van der Waals surface area contributed by atoms with Gasteiger partial charge in [-0.3, -0.25) is 4.79 Å². The maximum Gasteiger partial charge on any atom is 0.274 e. The molecule has 0 radical (unpaired) electrons. The number of hydrogen-bond donors (Lipinski definition) is 3. The largest absolute Gasteiger partial charge is 0.398 e. The van der Waals surface area contributed by atoms with Gasteiger partial charge in [0.15, 0.2) is 0 Å². The smallest absolute Gasteiger partial charge is 0.274 e. The van der Waals surface area contributed by atoms with Gasteiger partial charge in [-0.1, -0.05) is 13.8 Å². The number of aryl methyl sites for hydroxylation is 1. The Balaban J connectivity index is 0.00000139. The van der Waals surface area contributed by atoms with Crippen LogP contribution in [0.2, 0.25) is 0 Å². The van der Waals surface area contributed by atoms with Crippen LogP contribution in [0, 0.1) is 23.7 Å². The molecule has 0 unspecified atom stereocenters. The zero-order valence-corrected chi connectivity index (χ0v) is 14.3. The number of carbonyl (C=O) groups is 1. The number of hydrogen-bond acceptors (Lipinski definition) is 5. The summed E-state index contributed by atoms with van der Waals surface area (Å²) in [5.74, 6) is -0.375. The van der Waals surface area contributed by atoms with Crippen LogP contribution in [0.1, 0.15) is 48.0 Å². The van der Waals surface area contributed by atoms with Gasteiger partial charge in [0, 0.05) is 28.8 Å². The van der Waals surface area contributed by atoms with Crippen LogP contribution < -0.4 is 11.1 Å². The summed E-state index contributed by atoms with van der Waals surface area (Å²) in [5, 5.41) is 19.2. The Kier molecular flexibility index (Phi) is 6.63. The summed E-state index contributed by atoms with van der Waals surface area (Å²) >= 11 is 0. The maximum absolute atomic E-state index is 12.3. The minimum absolute atomic E-state index is 0.254. The molecule has 0 saturated heterocycles. The van der Waals surface area contributed by atoms with Crippen molar-refractivity contribution in [3.8, 4) is 6.07 Å². The molecule has 2 aromatic rings. The third kappa shape index (κ3) is 4.40. The number of anilines is 2. The lowest BCUT2D eigenvalue weighted by molar-refractivity contribution is 0.102. The molecule has 0 aliphatic carbocycles. The Bertz CT molecular complexity index is 806. The average Bonchev–Trinajstić information content (AvgIpc) is 2.57. The molecule has 0 atom stereocenters. The predicted molar refractivity (Wildman–Crippen MR) is 96.3 cm³/mol. The Morgan fingerprint density at radius 3 is 2.54 bits per heavy atom. The van der Waals surface area contributed by atoms with Crippen molar-refractivity contribution >= 4 is 23.0 Å². The van der Waals surface area contributed by atoms with Gasteiger partial charge in [0.1, 0.15) is 11.8 Å². The average molecular weight is 323 g/mol. The summed E-state index contributed by atoms with van der Waals surface area (Å²) < 4.78 is 0. The van der Waals surface area contributed by atoms with Crippen LogP contribution in [0.25, 0.3) is 0 Å². The fraction of sp³-hybridized carbons (Fsp3) is 0.222. The van der Waals surface area contributed by atoms with E-state index in [0.29, 0.717) is 33.8 Å². The monoisotopic (exact) mass is 323 g/mol. The number of aromatic nitrogens is 1. The van der Waals surface area contributed by atoms with Gasteiger partial charge in [-0.15, -0.1) is 0 Å². The number of benzene rings is 1. The molecule has 0 spiro atoms. The van der Waals surface area contributed by atoms with E-state index in [1.54, 1.807) is 38.1 Å². The fourth-order valence-corrected chi connectivity index (χ4v) is 2.02. The van der Waals surface area contributed by atoms with Crippen LogP contribution >= 0.6 is 0 Å². The molecule has 0 bridgehead atoms. The number of nitrogens with zero attached hydrogens (tertiary/aromatic N) is 2. The first kappa shape index (κ1) is 18.8. The molecule has 0 fully saturated rings. The van der Waals surface area contributed by atoms with Gasteiger partial charge in [0.25, 0.3) is 5.91 Å². The zero-order valence-electron chi connectivity index (χ0n) is 14.3. The molecule has 1 aromatic carbocycles. The predicted octanol–water partition coefficient (Wildman–Crippen LogP) is 3.51. The number of pyridine rings is 1. The van der Waals surface area contributed by atoms with Crippen molar-refractivity contribution in [3.63, 3.8) is 0 Å². The molecule has 124 valence electrons. The van der Waals surface area contributed by atoms with Crippen LogP contribution in [0.3, 0.4) is 0 Å². The summed E-state index contributed by atoms with van der Waals surface area (Å²) in [6.07, 6.45) is 1.36. The van der Waals surface area contributed by atoms with Gasteiger partial charge >= 0.3 is 0 Å². The van der Waals surface area contributed by atoms with Crippen molar-refractivity contribution in [3.05, 3.63) is 52.8 Å².